The molecule has 118 valence electrons. The van der Waals surface area contributed by atoms with Gasteiger partial charge in [0.15, 0.2) is 0 Å². The fourth-order valence-corrected chi connectivity index (χ4v) is 2.84. The first-order valence-corrected chi connectivity index (χ1v) is 8.12. The van der Waals surface area contributed by atoms with Crippen LogP contribution in [-0.2, 0) is 17.8 Å². The van der Waals surface area contributed by atoms with Gasteiger partial charge in [0.1, 0.15) is 0 Å². The predicted octanol–water partition coefficient (Wildman–Crippen LogP) is 2.44. The summed E-state index contributed by atoms with van der Waals surface area (Å²) in [7, 11) is 1.82. The summed E-state index contributed by atoms with van der Waals surface area (Å²) in [6.45, 7) is 9.51. The Hall–Kier alpha value is -0.970. The van der Waals surface area contributed by atoms with Crippen molar-refractivity contribution in [1.82, 2.24) is 15.2 Å². The van der Waals surface area contributed by atoms with Crippen LogP contribution in [0.25, 0.3) is 0 Å². The predicted molar refractivity (Wildman–Crippen MR) is 86.1 cm³/mol. The zero-order valence-electron chi connectivity index (χ0n) is 13.6. The molecule has 0 amide bonds. The summed E-state index contributed by atoms with van der Waals surface area (Å²) in [5.74, 6) is 0.659. The fraction of sp³-hybridized carbons (Fsp3) is 0.706. The van der Waals surface area contributed by atoms with Crippen molar-refractivity contribution in [1.29, 1.82) is 0 Å². The van der Waals surface area contributed by atoms with Gasteiger partial charge in [0.25, 0.3) is 0 Å². The van der Waals surface area contributed by atoms with Gasteiger partial charge in [-0.2, -0.15) is 0 Å². The molecule has 0 spiro atoms. The van der Waals surface area contributed by atoms with Crippen LogP contribution in [0.2, 0.25) is 0 Å². The van der Waals surface area contributed by atoms with Gasteiger partial charge in [-0.3, -0.25) is 9.88 Å². The molecule has 1 aromatic rings. The highest BCUT2D eigenvalue weighted by atomic mass is 16.5. The van der Waals surface area contributed by atoms with Crippen molar-refractivity contribution in [2.24, 2.45) is 5.92 Å². The van der Waals surface area contributed by atoms with Crippen molar-refractivity contribution >= 4 is 0 Å². The lowest BCUT2D eigenvalue weighted by Crippen LogP contribution is -2.43. The summed E-state index contributed by atoms with van der Waals surface area (Å²) >= 11 is 0. The molecule has 4 nitrogen and oxygen atoms in total. The van der Waals surface area contributed by atoms with Crippen LogP contribution in [0, 0.1) is 5.92 Å². The second-order valence-electron chi connectivity index (χ2n) is 6.11. The average Bonchev–Trinajstić information content (AvgIpc) is 2.51. The van der Waals surface area contributed by atoms with E-state index in [1.54, 1.807) is 0 Å². The number of nitrogens with zero attached hydrogens (tertiary/aromatic N) is 2. The highest BCUT2D eigenvalue weighted by Gasteiger charge is 2.25. The van der Waals surface area contributed by atoms with Crippen LogP contribution in [0.5, 0.6) is 0 Å². The van der Waals surface area contributed by atoms with E-state index >= 15 is 0 Å². The van der Waals surface area contributed by atoms with E-state index in [1.807, 2.05) is 13.3 Å². The molecule has 0 aliphatic carbocycles. The van der Waals surface area contributed by atoms with Gasteiger partial charge in [-0.15, -0.1) is 0 Å². The van der Waals surface area contributed by atoms with E-state index in [0.29, 0.717) is 12.0 Å². The topological polar surface area (TPSA) is 37.4 Å². The molecule has 21 heavy (non-hydrogen) atoms. The monoisotopic (exact) mass is 291 g/mol. The number of aromatic nitrogens is 1. The van der Waals surface area contributed by atoms with Gasteiger partial charge in [0.05, 0.1) is 11.8 Å². The Morgan fingerprint density at radius 3 is 2.95 bits per heavy atom. The Bertz CT molecular complexity index is 407. The van der Waals surface area contributed by atoms with Gasteiger partial charge in [-0.25, -0.2) is 0 Å². The summed E-state index contributed by atoms with van der Waals surface area (Å²) in [6.07, 6.45) is 4.73. The lowest BCUT2D eigenvalue weighted by Gasteiger charge is -2.36. The lowest BCUT2D eigenvalue weighted by molar-refractivity contribution is -0.00778. The molecule has 1 aliphatic heterocycles. The number of hydrogen-bond acceptors (Lipinski definition) is 4. The third-order valence-electron chi connectivity index (χ3n) is 4.30. The molecule has 2 rings (SSSR count). The molecular formula is C17H29N3O. The number of piperidine rings is 1. The van der Waals surface area contributed by atoms with Crippen molar-refractivity contribution in [3.63, 3.8) is 0 Å². The van der Waals surface area contributed by atoms with Gasteiger partial charge < -0.3 is 10.1 Å². The van der Waals surface area contributed by atoms with Crippen LogP contribution < -0.4 is 5.32 Å². The maximum Gasteiger partial charge on any atom is 0.0724 e. The zero-order valence-corrected chi connectivity index (χ0v) is 13.6. The largest absolute Gasteiger partial charge is 0.380 e. The SMILES string of the molecule is CCCNCc1ccc(CN2CCC(C)C(OC)C2)nc1. The first-order valence-electron chi connectivity index (χ1n) is 8.12. The molecule has 0 saturated carbocycles. The maximum atomic E-state index is 5.58. The van der Waals surface area contributed by atoms with Crippen LogP contribution in [0.15, 0.2) is 18.3 Å². The van der Waals surface area contributed by atoms with Gasteiger partial charge in [-0.1, -0.05) is 19.9 Å². The minimum Gasteiger partial charge on any atom is -0.380 e. The Morgan fingerprint density at radius 2 is 2.29 bits per heavy atom. The van der Waals surface area contributed by atoms with Crippen molar-refractivity contribution in [3.8, 4) is 0 Å². The minimum atomic E-state index is 0.358. The molecule has 1 saturated heterocycles. The van der Waals surface area contributed by atoms with E-state index in [2.05, 4.69) is 41.2 Å². The molecule has 2 unspecified atom stereocenters. The van der Waals surface area contributed by atoms with Crippen LogP contribution in [-0.4, -0.2) is 42.7 Å². The summed E-state index contributed by atoms with van der Waals surface area (Å²) in [5.41, 5.74) is 2.41. The molecule has 2 atom stereocenters. The first-order chi connectivity index (χ1) is 10.2. The molecule has 1 aromatic heterocycles. The maximum absolute atomic E-state index is 5.58. The van der Waals surface area contributed by atoms with Gasteiger partial charge in [0.2, 0.25) is 0 Å². The standard InChI is InChI=1S/C17H29N3O/c1-4-8-18-10-15-5-6-16(19-11-15)12-20-9-7-14(2)17(13-20)21-3/h5-6,11,14,17-18H,4,7-10,12-13H2,1-3H3. The Kier molecular flexibility index (Phi) is 6.61. The van der Waals surface area contributed by atoms with E-state index in [9.17, 15) is 0 Å². The van der Waals surface area contributed by atoms with Crippen LogP contribution >= 0.6 is 0 Å². The smallest absolute Gasteiger partial charge is 0.0724 e. The highest BCUT2D eigenvalue weighted by molar-refractivity contribution is 5.14. The highest BCUT2D eigenvalue weighted by Crippen LogP contribution is 2.20. The summed E-state index contributed by atoms with van der Waals surface area (Å²) in [4.78, 5) is 7.05. The van der Waals surface area contributed by atoms with Gasteiger partial charge in [0, 0.05) is 32.9 Å². The van der Waals surface area contributed by atoms with Crippen LogP contribution in [0.3, 0.4) is 0 Å². The quantitative estimate of drug-likeness (QED) is 0.783. The average molecular weight is 291 g/mol. The van der Waals surface area contributed by atoms with Crippen molar-refractivity contribution in [2.75, 3.05) is 26.7 Å². The lowest BCUT2D eigenvalue weighted by atomic mass is 9.96. The molecule has 0 bridgehead atoms. The number of likely N-dealkylation sites (tertiary alicyclic amines) is 1. The molecule has 0 radical (unpaired) electrons. The molecule has 1 N–H and O–H groups in total. The third kappa shape index (κ3) is 5.06. The van der Waals surface area contributed by atoms with Crippen molar-refractivity contribution < 1.29 is 4.74 Å². The number of ether oxygens (including phenoxy) is 1. The van der Waals surface area contributed by atoms with Gasteiger partial charge >= 0.3 is 0 Å². The second-order valence-corrected chi connectivity index (χ2v) is 6.11. The van der Waals surface area contributed by atoms with Crippen molar-refractivity contribution in [2.45, 2.75) is 45.9 Å². The Morgan fingerprint density at radius 1 is 1.43 bits per heavy atom. The molecule has 1 aliphatic rings. The Labute approximate surface area is 128 Å². The number of pyridine rings is 1. The van der Waals surface area contributed by atoms with E-state index in [4.69, 9.17) is 4.74 Å². The minimum absolute atomic E-state index is 0.358. The van der Waals surface area contributed by atoms with Crippen molar-refractivity contribution in [3.05, 3.63) is 29.6 Å². The number of methoxy groups -OCH3 is 1. The summed E-state index contributed by atoms with van der Waals surface area (Å²) < 4.78 is 5.58. The normalized spacial score (nSPS) is 23.4. The van der Waals surface area contributed by atoms with E-state index in [0.717, 1.165) is 38.4 Å². The summed E-state index contributed by atoms with van der Waals surface area (Å²) in [5, 5.41) is 3.40. The van der Waals surface area contributed by atoms with E-state index < -0.39 is 0 Å². The first kappa shape index (κ1) is 16.4. The third-order valence-corrected chi connectivity index (χ3v) is 4.30. The number of nitrogens with one attached hydrogen (secondary N) is 1. The Balaban J connectivity index is 1.82. The molecule has 0 aromatic carbocycles. The van der Waals surface area contributed by atoms with Gasteiger partial charge in [-0.05, 0) is 43.5 Å². The molecular weight excluding hydrogens is 262 g/mol. The number of rotatable bonds is 7. The van der Waals surface area contributed by atoms with Crippen LogP contribution in [0.1, 0.15) is 37.9 Å². The van der Waals surface area contributed by atoms with E-state index in [-0.39, 0.29) is 0 Å². The number of hydrogen-bond donors (Lipinski definition) is 1. The zero-order chi connectivity index (χ0) is 15.1. The molecule has 2 heterocycles. The van der Waals surface area contributed by atoms with E-state index in [1.165, 1.54) is 18.4 Å². The molecule has 4 heteroatoms. The summed E-state index contributed by atoms with van der Waals surface area (Å²) in [6, 6.07) is 4.34. The fourth-order valence-electron chi connectivity index (χ4n) is 2.84. The second kappa shape index (κ2) is 8.47. The van der Waals surface area contributed by atoms with Crippen LogP contribution in [0.4, 0.5) is 0 Å². The molecule has 1 fully saturated rings.